The predicted molar refractivity (Wildman–Crippen MR) is 99.0 cm³/mol. The van der Waals surface area contributed by atoms with Crippen molar-refractivity contribution in [2.75, 3.05) is 25.6 Å². The van der Waals surface area contributed by atoms with Gasteiger partial charge in [-0.05, 0) is 37.3 Å². The Morgan fingerprint density at radius 1 is 1.41 bits per heavy atom. The highest BCUT2D eigenvalue weighted by Gasteiger charge is 2.76. The number of carbonyl (C=O) groups excluding carboxylic acids is 2. The van der Waals surface area contributed by atoms with Gasteiger partial charge in [0.15, 0.2) is 5.72 Å². The number of hydrogen-bond acceptors (Lipinski definition) is 5. The highest BCUT2D eigenvalue weighted by molar-refractivity contribution is 5.81. The minimum atomic E-state index is -0.785. The van der Waals surface area contributed by atoms with Crippen LogP contribution in [0.4, 0.5) is 5.69 Å². The topological polar surface area (TPSA) is 67.9 Å². The molecule has 2 bridgehead atoms. The number of hydrogen-bond donors (Lipinski definition) is 1. The van der Waals surface area contributed by atoms with Crippen LogP contribution in [-0.2, 0) is 24.5 Å². The van der Waals surface area contributed by atoms with Crippen molar-refractivity contribution in [2.24, 2.45) is 11.8 Å². The Labute approximate surface area is 158 Å². The van der Waals surface area contributed by atoms with Crippen molar-refractivity contribution >= 4 is 18.1 Å². The van der Waals surface area contributed by atoms with E-state index in [2.05, 4.69) is 17.5 Å². The maximum absolute atomic E-state index is 13.2. The largest absolute Gasteiger partial charge is 0.469 e. The lowest BCUT2D eigenvalue weighted by Crippen LogP contribution is -2.73. The van der Waals surface area contributed by atoms with Gasteiger partial charge in [-0.3, -0.25) is 9.59 Å². The number of ether oxygens (including phenoxy) is 2. The molecule has 3 fully saturated rings. The fraction of sp³-hybridized carbons (Fsp3) is 0.524. The second-order valence-electron chi connectivity index (χ2n) is 7.98. The predicted octanol–water partition coefficient (Wildman–Crippen LogP) is 2.06. The van der Waals surface area contributed by atoms with Gasteiger partial charge >= 0.3 is 5.97 Å². The monoisotopic (exact) mass is 368 g/mol. The number of fused-ring (bicyclic) bond motifs is 3. The molecule has 142 valence electrons. The molecular formula is C21H24N2O4. The average molecular weight is 368 g/mol. The molecule has 3 aliphatic heterocycles. The number of methoxy groups -OCH3 is 1. The molecule has 4 aliphatic rings. The molecular weight excluding hydrogens is 344 g/mol. The lowest BCUT2D eigenvalue weighted by Gasteiger charge is -2.59. The molecule has 1 saturated carbocycles. The molecule has 1 aromatic carbocycles. The van der Waals surface area contributed by atoms with Crippen LogP contribution in [0, 0.1) is 11.8 Å². The lowest BCUT2D eigenvalue weighted by atomic mass is 9.51. The molecule has 27 heavy (non-hydrogen) atoms. The third kappa shape index (κ3) is 1.79. The number of anilines is 1. The minimum Gasteiger partial charge on any atom is -0.469 e. The van der Waals surface area contributed by atoms with E-state index in [0.29, 0.717) is 19.6 Å². The van der Waals surface area contributed by atoms with Gasteiger partial charge in [0, 0.05) is 12.2 Å². The first-order valence-electron chi connectivity index (χ1n) is 9.58. The van der Waals surface area contributed by atoms with Crippen LogP contribution in [0.2, 0.25) is 0 Å². The summed E-state index contributed by atoms with van der Waals surface area (Å²) in [6.07, 6.45) is 4.41. The molecule has 2 saturated heterocycles. The van der Waals surface area contributed by atoms with E-state index in [0.717, 1.165) is 29.7 Å². The summed E-state index contributed by atoms with van der Waals surface area (Å²) in [4.78, 5) is 27.0. The van der Waals surface area contributed by atoms with E-state index in [4.69, 9.17) is 9.47 Å². The summed E-state index contributed by atoms with van der Waals surface area (Å²) < 4.78 is 11.7. The summed E-state index contributed by atoms with van der Waals surface area (Å²) in [5, 5.41) is 3.61. The Bertz CT molecular complexity index is 852. The summed E-state index contributed by atoms with van der Waals surface area (Å²) >= 11 is 0. The molecule has 3 heterocycles. The van der Waals surface area contributed by atoms with Crippen LogP contribution < -0.4 is 5.32 Å². The van der Waals surface area contributed by atoms with Gasteiger partial charge in [-0.15, -0.1) is 0 Å². The normalized spacial score (nSPS) is 40.0. The van der Waals surface area contributed by atoms with Gasteiger partial charge in [0.2, 0.25) is 6.41 Å². The molecule has 5 rings (SSSR count). The molecule has 5 atom stereocenters. The zero-order valence-corrected chi connectivity index (χ0v) is 15.6. The van der Waals surface area contributed by atoms with Crippen molar-refractivity contribution in [3.05, 3.63) is 41.5 Å². The maximum atomic E-state index is 13.2. The van der Waals surface area contributed by atoms with Crippen molar-refractivity contribution in [3.8, 4) is 0 Å². The summed E-state index contributed by atoms with van der Waals surface area (Å²) in [6, 6.07) is 8.00. The van der Waals surface area contributed by atoms with Crippen LogP contribution in [0.25, 0.3) is 0 Å². The zero-order valence-electron chi connectivity index (χ0n) is 15.6. The molecule has 1 amide bonds. The van der Waals surface area contributed by atoms with Gasteiger partial charge in [0.25, 0.3) is 0 Å². The fourth-order valence-corrected chi connectivity index (χ4v) is 6.35. The van der Waals surface area contributed by atoms with Gasteiger partial charge in [0.05, 0.1) is 31.1 Å². The Morgan fingerprint density at radius 3 is 2.96 bits per heavy atom. The summed E-state index contributed by atoms with van der Waals surface area (Å²) in [6.45, 7) is 3.07. The first-order valence-corrected chi connectivity index (χ1v) is 9.58. The summed E-state index contributed by atoms with van der Waals surface area (Å²) in [5.41, 5.74) is 1.90. The second kappa shape index (κ2) is 5.58. The number of likely N-dealkylation sites (tertiary alicyclic amines) is 1. The third-order valence-electron chi connectivity index (χ3n) is 7.30. The molecule has 0 spiro atoms. The smallest absolute Gasteiger partial charge is 0.310 e. The van der Waals surface area contributed by atoms with E-state index in [1.165, 1.54) is 7.11 Å². The molecule has 1 N–H and O–H groups in total. The number of para-hydroxylation sites is 1. The standard InChI is InChI=1S/C21H24N2O4/c1-3-13-11-23(12-24)17-10-14(13)18(19(25)26-2)20-8-9-27-21(17,20)22-16-7-5-4-6-15(16)20/h3-7,12,14,17-18,22H,8-11H2,1-2H3/b13-3-/t14-,17-,18?,20-,21-/m0/s1. The number of amides is 1. The maximum Gasteiger partial charge on any atom is 0.310 e. The van der Waals surface area contributed by atoms with E-state index in [-0.39, 0.29) is 23.8 Å². The Balaban J connectivity index is 1.80. The molecule has 0 radical (unpaired) electrons. The Hall–Kier alpha value is -2.34. The zero-order chi connectivity index (χ0) is 18.8. The highest BCUT2D eigenvalue weighted by atomic mass is 16.5. The van der Waals surface area contributed by atoms with Crippen LogP contribution in [0.3, 0.4) is 0 Å². The Morgan fingerprint density at radius 2 is 2.22 bits per heavy atom. The van der Waals surface area contributed by atoms with Crippen LogP contribution >= 0.6 is 0 Å². The molecule has 1 aliphatic carbocycles. The minimum absolute atomic E-state index is 0.0476. The number of rotatable bonds is 2. The van der Waals surface area contributed by atoms with Crippen molar-refractivity contribution < 1.29 is 19.1 Å². The van der Waals surface area contributed by atoms with Crippen molar-refractivity contribution in [1.82, 2.24) is 4.90 Å². The van der Waals surface area contributed by atoms with Gasteiger partial charge in [-0.1, -0.05) is 29.8 Å². The molecule has 1 aromatic rings. The number of nitrogens with zero attached hydrogens (tertiary/aromatic N) is 1. The number of piperidine rings is 1. The van der Waals surface area contributed by atoms with E-state index >= 15 is 0 Å². The van der Waals surface area contributed by atoms with Gasteiger partial charge in [0.1, 0.15) is 0 Å². The SMILES string of the molecule is C/C=C1/CN(C=O)[C@H]2C[C@@H]1C(C(=O)OC)[C@@]13CCO[C@@]21Nc1ccccc13. The molecule has 1 unspecified atom stereocenters. The lowest BCUT2D eigenvalue weighted by molar-refractivity contribution is -0.172. The number of carbonyl (C=O) groups is 2. The first-order chi connectivity index (χ1) is 13.1. The summed E-state index contributed by atoms with van der Waals surface area (Å²) in [5.74, 6) is -0.477. The van der Waals surface area contributed by atoms with Gasteiger partial charge in [-0.25, -0.2) is 0 Å². The molecule has 0 aromatic heterocycles. The fourth-order valence-electron chi connectivity index (χ4n) is 6.35. The van der Waals surface area contributed by atoms with E-state index < -0.39 is 11.1 Å². The number of nitrogens with one attached hydrogen (secondary N) is 1. The number of benzene rings is 1. The van der Waals surface area contributed by atoms with Crippen LogP contribution in [0.15, 0.2) is 35.9 Å². The van der Waals surface area contributed by atoms with Crippen molar-refractivity contribution in [1.29, 1.82) is 0 Å². The number of esters is 1. The van der Waals surface area contributed by atoms with Crippen molar-refractivity contribution in [2.45, 2.75) is 36.9 Å². The highest BCUT2D eigenvalue weighted by Crippen LogP contribution is 2.66. The molecule has 6 heteroatoms. The van der Waals surface area contributed by atoms with Crippen LogP contribution in [0.1, 0.15) is 25.3 Å². The van der Waals surface area contributed by atoms with Crippen molar-refractivity contribution in [3.63, 3.8) is 0 Å². The van der Waals surface area contributed by atoms with Gasteiger partial charge in [-0.2, -0.15) is 0 Å². The van der Waals surface area contributed by atoms with E-state index in [1.807, 2.05) is 30.0 Å². The first kappa shape index (κ1) is 16.8. The summed E-state index contributed by atoms with van der Waals surface area (Å²) in [7, 11) is 1.46. The van der Waals surface area contributed by atoms with E-state index in [1.54, 1.807) is 0 Å². The number of allylic oxidation sites excluding steroid dienone is 1. The second-order valence-corrected chi connectivity index (χ2v) is 7.98. The third-order valence-corrected chi connectivity index (χ3v) is 7.30. The quantitative estimate of drug-likeness (QED) is 0.492. The van der Waals surface area contributed by atoms with Crippen LogP contribution in [0.5, 0.6) is 0 Å². The van der Waals surface area contributed by atoms with Gasteiger partial charge < -0.3 is 19.7 Å². The van der Waals surface area contributed by atoms with E-state index in [9.17, 15) is 9.59 Å². The average Bonchev–Trinajstić information content (AvgIpc) is 3.21. The molecule has 6 nitrogen and oxygen atoms in total. The Kier molecular flexibility index (Phi) is 3.47. The van der Waals surface area contributed by atoms with Crippen LogP contribution in [-0.4, -0.2) is 49.3 Å².